The molecule has 2 rings (SSSR count). The third-order valence-corrected chi connectivity index (χ3v) is 3.84. The monoisotopic (exact) mass is 320 g/mol. The summed E-state index contributed by atoms with van der Waals surface area (Å²) in [5.74, 6) is 0.816. The lowest BCUT2D eigenvalue weighted by atomic mass is 9.99. The van der Waals surface area contributed by atoms with Gasteiger partial charge in [0.25, 0.3) is 0 Å². The second-order valence-corrected chi connectivity index (χ2v) is 5.41. The van der Waals surface area contributed by atoms with Gasteiger partial charge >= 0.3 is 0 Å². The Labute approximate surface area is 122 Å². The van der Waals surface area contributed by atoms with Crippen molar-refractivity contribution in [2.75, 3.05) is 7.11 Å². The summed E-state index contributed by atoms with van der Waals surface area (Å²) in [5.41, 5.74) is 3.08. The molecular formula is C16H17BrO2. The maximum Gasteiger partial charge on any atom is 0.122 e. The summed E-state index contributed by atoms with van der Waals surface area (Å²) in [6.07, 6.45) is -0.0146. The summed E-state index contributed by atoms with van der Waals surface area (Å²) in [4.78, 5) is 0. The molecule has 0 aliphatic heterocycles. The molecule has 0 fully saturated rings. The van der Waals surface area contributed by atoms with Gasteiger partial charge in [-0.2, -0.15) is 0 Å². The van der Waals surface area contributed by atoms with Crippen LogP contribution in [-0.4, -0.2) is 12.2 Å². The maximum atomic E-state index is 10.4. The maximum absolute atomic E-state index is 10.4. The number of benzene rings is 2. The number of ether oxygens (including phenoxy) is 1. The zero-order chi connectivity index (χ0) is 13.8. The molecule has 0 amide bonds. The number of hydrogen-bond donors (Lipinski definition) is 1. The average molecular weight is 321 g/mol. The van der Waals surface area contributed by atoms with Crippen molar-refractivity contribution in [3.8, 4) is 5.75 Å². The number of halogens is 1. The van der Waals surface area contributed by atoms with E-state index in [0.29, 0.717) is 6.42 Å². The first kappa shape index (κ1) is 14.1. The number of rotatable bonds is 4. The van der Waals surface area contributed by atoms with Crippen molar-refractivity contribution >= 4 is 15.9 Å². The largest absolute Gasteiger partial charge is 0.496 e. The lowest BCUT2D eigenvalue weighted by Gasteiger charge is -2.15. The van der Waals surface area contributed by atoms with Crippen molar-refractivity contribution in [3.63, 3.8) is 0 Å². The first-order chi connectivity index (χ1) is 9.11. The van der Waals surface area contributed by atoms with E-state index in [1.165, 1.54) is 0 Å². The molecule has 1 atom stereocenters. The second-order valence-electron chi connectivity index (χ2n) is 4.56. The minimum atomic E-state index is -0.550. The Morgan fingerprint density at radius 1 is 1.21 bits per heavy atom. The zero-order valence-electron chi connectivity index (χ0n) is 11.1. The molecule has 0 spiro atoms. The minimum absolute atomic E-state index is 0.535. The first-order valence-electron chi connectivity index (χ1n) is 6.18. The fraction of sp³-hybridized carbons (Fsp3) is 0.250. The quantitative estimate of drug-likeness (QED) is 0.921. The van der Waals surface area contributed by atoms with Gasteiger partial charge in [-0.3, -0.25) is 0 Å². The molecule has 3 heteroatoms. The highest BCUT2D eigenvalue weighted by atomic mass is 79.9. The second kappa shape index (κ2) is 6.22. The summed E-state index contributed by atoms with van der Waals surface area (Å²) < 4.78 is 6.27. The minimum Gasteiger partial charge on any atom is -0.496 e. The van der Waals surface area contributed by atoms with E-state index in [4.69, 9.17) is 4.74 Å². The van der Waals surface area contributed by atoms with Crippen LogP contribution in [0.5, 0.6) is 5.75 Å². The van der Waals surface area contributed by atoms with Crippen LogP contribution in [0.3, 0.4) is 0 Å². The number of aliphatic hydroxyl groups is 1. The van der Waals surface area contributed by atoms with Crippen LogP contribution in [0.4, 0.5) is 0 Å². The Morgan fingerprint density at radius 3 is 2.63 bits per heavy atom. The number of hydrogen-bond acceptors (Lipinski definition) is 2. The highest BCUT2D eigenvalue weighted by molar-refractivity contribution is 9.10. The fourth-order valence-electron chi connectivity index (χ4n) is 2.13. The summed E-state index contributed by atoms with van der Waals surface area (Å²) in [6.45, 7) is 2.04. The Morgan fingerprint density at radius 2 is 1.95 bits per heavy atom. The number of methoxy groups -OCH3 is 1. The molecule has 2 aromatic carbocycles. The topological polar surface area (TPSA) is 29.5 Å². The van der Waals surface area contributed by atoms with Gasteiger partial charge in [0, 0.05) is 10.9 Å². The smallest absolute Gasteiger partial charge is 0.122 e. The van der Waals surface area contributed by atoms with E-state index in [0.717, 1.165) is 26.9 Å². The van der Waals surface area contributed by atoms with Crippen LogP contribution < -0.4 is 4.74 Å². The van der Waals surface area contributed by atoms with Gasteiger partial charge in [-0.05, 0) is 30.2 Å². The SMILES string of the molecule is COc1ccc(C)cc1CC(O)c1ccccc1Br. The van der Waals surface area contributed by atoms with Crippen LogP contribution in [0.2, 0.25) is 0 Å². The predicted octanol–water partition coefficient (Wildman–Crippen LogP) is 4.04. The summed E-state index contributed by atoms with van der Waals surface area (Å²) in [6, 6.07) is 13.7. The van der Waals surface area contributed by atoms with Gasteiger partial charge in [-0.15, -0.1) is 0 Å². The number of aliphatic hydroxyl groups excluding tert-OH is 1. The van der Waals surface area contributed by atoms with Gasteiger partial charge in [-0.25, -0.2) is 0 Å². The van der Waals surface area contributed by atoms with Crippen LogP contribution in [0.25, 0.3) is 0 Å². The van der Waals surface area contributed by atoms with Crippen molar-refractivity contribution in [2.45, 2.75) is 19.4 Å². The molecule has 0 bridgehead atoms. The molecule has 100 valence electrons. The van der Waals surface area contributed by atoms with E-state index < -0.39 is 6.10 Å². The van der Waals surface area contributed by atoms with Crippen molar-refractivity contribution in [1.29, 1.82) is 0 Å². The highest BCUT2D eigenvalue weighted by Gasteiger charge is 2.14. The molecule has 1 N–H and O–H groups in total. The molecule has 0 heterocycles. The van der Waals surface area contributed by atoms with E-state index in [2.05, 4.69) is 22.0 Å². The summed E-state index contributed by atoms with van der Waals surface area (Å²) in [7, 11) is 1.65. The lowest BCUT2D eigenvalue weighted by molar-refractivity contribution is 0.176. The van der Waals surface area contributed by atoms with Gasteiger partial charge in [-0.1, -0.05) is 51.8 Å². The van der Waals surface area contributed by atoms with Crippen molar-refractivity contribution in [2.24, 2.45) is 0 Å². The van der Waals surface area contributed by atoms with Gasteiger partial charge in [0.1, 0.15) is 5.75 Å². The van der Waals surface area contributed by atoms with Crippen LogP contribution in [0.15, 0.2) is 46.9 Å². The Kier molecular flexibility index (Phi) is 4.61. The van der Waals surface area contributed by atoms with E-state index in [1.54, 1.807) is 7.11 Å². The van der Waals surface area contributed by atoms with E-state index in [9.17, 15) is 5.11 Å². The first-order valence-corrected chi connectivity index (χ1v) is 6.97. The fourth-order valence-corrected chi connectivity index (χ4v) is 2.68. The van der Waals surface area contributed by atoms with Crippen LogP contribution in [0, 0.1) is 6.92 Å². The van der Waals surface area contributed by atoms with Gasteiger partial charge in [0.2, 0.25) is 0 Å². The molecule has 0 aliphatic carbocycles. The average Bonchev–Trinajstić information content (AvgIpc) is 2.39. The molecule has 0 saturated carbocycles. The van der Waals surface area contributed by atoms with Crippen LogP contribution in [-0.2, 0) is 6.42 Å². The van der Waals surface area contributed by atoms with Crippen molar-refractivity contribution < 1.29 is 9.84 Å². The predicted molar refractivity (Wildman–Crippen MR) is 80.5 cm³/mol. The zero-order valence-corrected chi connectivity index (χ0v) is 12.6. The highest BCUT2D eigenvalue weighted by Crippen LogP contribution is 2.29. The van der Waals surface area contributed by atoms with Gasteiger partial charge in [0.15, 0.2) is 0 Å². The summed E-state index contributed by atoms with van der Waals surface area (Å²) in [5, 5.41) is 10.4. The third kappa shape index (κ3) is 3.37. The molecule has 2 nitrogen and oxygen atoms in total. The Hall–Kier alpha value is -1.32. The molecular weight excluding hydrogens is 304 g/mol. The number of aryl methyl sites for hydroxylation is 1. The van der Waals surface area contributed by atoms with Gasteiger partial charge in [0.05, 0.1) is 13.2 Å². The lowest BCUT2D eigenvalue weighted by Crippen LogP contribution is -2.04. The van der Waals surface area contributed by atoms with Crippen molar-refractivity contribution in [1.82, 2.24) is 0 Å². The molecule has 0 saturated heterocycles. The standard InChI is InChI=1S/C16H17BrO2/c1-11-7-8-16(19-2)12(9-11)10-15(18)13-5-3-4-6-14(13)17/h3-9,15,18H,10H2,1-2H3. The molecule has 2 aromatic rings. The molecule has 0 radical (unpaired) electrons. The third-order valence-electron chi connectivity index (χ3n) is 3.11. The molecule has 0 aromatic heterocycles. The normalized spacial score (nSPS) is 12.2. The van der Waals surface area contributed by atoms with Gasteiger partial charge < -0.3 is 9.84 Å². The Balaban J connectivity index is 2.26. The van der Waals surface area contributed by atoms with Crippen LogP contribution in [0.1, 0.15) is 22.8 Å². The van der Waals surface area contributed by atoms with E-state index >= 15 is 0 Å². The van der Waals surface area contributed by atoms with Crippen molar-refractivity contribution in [3.05, 3.63) is 63.6 Å². The molecule has 0 aliphatic rings. The van der Waals surface area contributed by atoms with E-state index in [-0.39, 0.29) is 0 Å². The molecule has 19 heavy (non-hydrogen) atoms. The Bertz CT molecular complexity index is 566. The summed E-state index contributed by atoms with van der Waals surface area (Å²) >= 11 is 3.47. The molecule has 1 unspecified atom stereocenters. The van der Waals surface area contributed by atoms with Crippen LogP contribution >= 0.6 is 15.9 Å². The van der Waals surface area contributed by atoms with E-state index in [1.807, 2.05) is 43.3 Å².